The molecule has 0 aromatic carbocycles. The van der Waals surface area contributed by atoms with E-state index in [-0.39, 0.29) is 0 Å². The number of hydrogen-bond donors (Lipinski definition) is 0. The van der Waals surface area contributed by atoms with E-state index in [1.807, 2.05) is 0 Å². The minimum atomic E-state index is -1.11. The Hall–Kier alpha value is -0.0831. The second-order valence-corrected chi connectivity index (χ2v) is 12.9. The van der Waals surface area contributed by atoms with Gasteiger partial charge in [0.1, 0.15) is 0 Å². The molecule has 1 rings (SSSR count). The van der Waals surface area contributed by atoms with Crippen molar-refractivity contribution in [2.75, 3.05) is 19.3 Å². The molecule has 1 aliphatic rings. The predicted octanol–water partition coefficient (Wildman–Crippen LogP) is 6.81. The maximum absolute atomic E-state index is 2.88. The molecular weight excluding hydrogens is 294 g/mol. The van der Waals surface area contributed by atoms with Crippen LogP contribution in [-0.2, 0) is 0 Å². The summed E-state index contributed by atoms with van der Waals surface area (Å²) in [6.07, 6.45) is 20.8. The third-order valence-electron chi connectivity index (χ3n) is 6.04. The SMILES string of the molecule is C/C=C/C[Si](CC)(CC)CN1CCCCCCCCCCCC1. The van der Waals surface area contributed by atoms with Crippen molar-refractivity contribution in [1.82, 2.24) is 4.90 Å². The molecule has 136 valence electrons. The number of hydrogen-bond acceptors (Lipinski definition) is 1. The lowest BCUT2D eigenvalue weighted by Crippen LogP contribution is -2.46. The molecule has 0 aromatic heterocycles. The van der Waals surface area contributed by atoms with E-state index in [9.17, 15) is 0 Å². The van der Waals surface area contributed by atoms with Crippen LogP contribution in [0.5, 0.6) is 0 Å². The van der Waals surface area contributed by atoms with E-state index in [4.69, 9.17) is 0 Å². The quantitative estimate of drug-likeness (QED) is 0.380. The van der Waals surface area contributed by atoms with E-state index in [0.717, 1.165) is 0 Å². The van der Waals surface area contributed by atoms with Gasteiger partial charge >= 0.3 is 0 Å². The molecule has 0 aliphatic carbocycles. The minimum Gasteiger partial charge on any atom is -0.306 e. The summed E-state index contributed by atoms with van der Waals surface area (Å²) in [5.41, 5.74) is 0. The van der Waals surface area contributed by atoms with E-state index in [1.54, 1.807) is 0 Å². The zero-order valence-electron chi connectivity index (χ0n) is 16.4. The largest absolute Gasteiger partial charge is 0.306 e. The predicted molar refractivity (Wildman–Crippen MR) is 109 cm³/mol. The highest BCUT2D eigenvalue weighted by Gasteiger charge is 2.29. The molecule has 1 fully saturated rings. The maximum Gasteiger partial charge on any atom is 0.0722 e. The monoisotopic (exact) mass is 337 g/mol. The average molecular weight is 338 g/mol. The Morgan fingerprint density at radius 3 is 1.57 bits per heavy atom. The highest BCUT2D eigenvalue weighted by Crippen LogP contribution is 2.24. The summed E-state index contributed by atoms with van der Waals surface area (Å²) in [5, 5.41) is 0. The Balaban J connectivity index is 2.58. The van der Waals surface area contributed by atoms with Crippen LogP contribution < -0.4 is 0 Å². The number of allylic oxidation sites excluding steroid dienone is 2. The van der Waals surface area contributed by atoms with Gasteiger partial charge in [-0.2, -0.15) is 0 Å². The molecule has 0 bridgehead atoms. The fraction of sp³-hybridized carbons (Fsp3) is 0.905. The van der Waals surface area contributed by atoms with Crippen molar-refractivity contribution < 1.29 is 0 Å². The molecule has 0 aromatic rings. The molecule has 1 nitrogen and oxygen atoms in total. The number of nitrogens with zero attached hydrogens (tertiary/aromatic N) is 1. The summed E-state index contributed by atoms with van der Waals surface area (Å²) in [7, 11) is -1.11. The zero-order chi connectivity index (χ0) is 16.8. The van der Waals surface area contributed by atoms with E-state index in [2.05, 4.69) is 37.8 Å². The van der Waals surface area contributed by atoms with Gasteiger partial charge in [-0.1, -0.05) is 89.5 Å². The van der Waals surface area contributed by atoms with Crippen LogP contribution in [0.25, 0.3) is 0 Å². The number of rotatable bonds is 6. The topological polar surface area (TPSA) is 3.24 Å². The molecule has 2 heteroatoms. The molecular formula is C21H43NSi. The third kappa shape index (κ3) is 9.10. The summed E-state index contributed by atoms with van der Waals surface area (Å²) in [6, 6.07) is 4.29. The van der Waals surface area contributed by atoms with Gasteiger partial charge < -0.3 is 4.90 Å². The van der Waals surface area contributed by atoms with Gasteiger partial charge in [0.05, 0.1) is 8.07 Å². The smallest absolute Gasteiger partial charge is 0.0722 e. The van der Waals surface area contributed by atoms with Crippen LogP contribution in [-0.4, -0.2) is 32.2 Å². The normalized spacial score (nSPS) is 20.8. The molecule has 0 radical (unpaired) electrons. The first-order valence-corrected chi connectivity index (χ1v) is 13.4. The summed E-state index contributed by atoms with van der Waals surface area (Å²) >= 11 is 0. The Labute approximate surface area is 147 Å². The van der Waals surface area contributed by atoms with Gasteiger partial charge in [0.25, 0.3) is 0 Å². The van der Waals surface area contributed by atoms with Crippen molar-refractivity contribution >= 4 is 8.07 Å². The highest BCUT2D eigenvalue weighted by molar-refractivity contribution is 6.80. The van der Waals surface area contributed by atoms with Gasteiger partial charge in [-0.25, -0.2) is 0 Å². The summed E-state index contributed by atoms with van der Waals surface area (Å²) < 4.78 is 0. The molecule has 0 atom stereocenters. The Morgan fingerprint density at radius 2 is 1.17 bits per heavy atom. The lowest BCUT2D eigenvalue weighted by Gasteiger charge is -2.35. The fourth-order valence-corrected chi connectivity index (χ4v) is 7.68. The van der Waals surface area contributed by atoms with E-state index in [1.165, 1.54) is 102 Å². The van der Waals surface area contributed by atoms with Crippen molar-refractivity contribution in [3.63, 3.8) is 0 Å². The van der Waals surface area contributed by atoms with Crippen LogP contribution in [0.2, 0.25) is 18.1 Å². The molecule has 0 spiro atoms. The van der Waals surface area contributed by atoms with E-state index < -0.39 is 8.07 Å². The Morgan fingerprint density at radius 1 is 0.739 bits per heavy atom. The lowest BCUT2D eigenvalue weighted by atomic mass is 10.1. The lowest BCUT2D eigenvalue weighted by molar-refractivity contribution is 0.294. The fourth-order valence-electron chi connectivity index (χ4n) is 4.02. The van der Waals surface area contributed by atoms with E-state index >= 15 is 0 Å². The summed E-state index contributed by atoms with van der Waals surface area (Å²) in [6.45, 7) is 9.83. The Bertz CT molecular complexity index is 282. The molecule has 0 saturated carbocycles. The van der Waals surface area contributed by atoms with Crippen LogP contribution >= 0.6 is 0 Å². The van der Waals surface area contributed by atoms with Crippen molar-refractivity contribution in [2.45, 2.75) is 103 Å². The molecule has 1 heterocycles. The van der Waals surface area contributed by atoms with Crippen LogP contribution in [0.3, 0.4) is 0 Å². The molecule has 0 amide bonds. The second-order valence-electron chi connectivity index (χ2n) is 7.79. The van der Waals surface area contributed by atoms with Gasteiger partial charge in [-0.15, -0.1) is 0 Å². The van der Waals surface area contributed by atoms with Crippen LogP contribution in [0.4, 0.5) is 0 Å². The minimum absolute atomic E-state index is 1.11. The van der Waals surface area contributed by atoms with Crippen molar-refractivity contribution in [1.29, 1.82) is 0 Å². The molecule has 1 saturated heterocycles. The highest BCUT2D eigenvalue weighted by atomic mass is 28.3. The van der Waals surface area contributed by atoms with Crippen molar-refractivity contribution in [3.8, 4) is 0 Å². The maximum atomic E-state index is 2.88. The summed E-state index contributed by atoms with van der Waals surface area (Å²) in [5.74, 6) is 0. The molecule has 0 N–H and O–H groups in total. The first kappa shape index (κ1) is 21.0. The van der Waals surface area contributed by atoms with Crippen molar-refractivity contribution in [2.24, 2.45) is 0 Å². The third-order valence-corrected chi connectivity index (χ3v) is 11.3. The van der Waals surface area contributed by atoms with Crippen LogP contribution in [0.1, 0.15) is 85.0 Å². The van der Waals surface area contributed by atoms with Crippen LogP contribution in [0.15, 0.2) is 12.2 Å². The van der Waals surface area contributed by atoms with Gasteiger partial charge in [0.2, 0.25) is 0 Å². The standard InChI is InChI=1S/C21H43NSi/c1-4-7-20-23(5-2,6-3)21-22-18-16-14-12-10-8-9-11-13-15-17-19-22/h4,7H,5-6,8-21H2,1-3H3/b7-4+. The van der Waals surface area contributed by atoms with Gasteiger partial charge in [0, 0.05) is 0 Å². The average Bonchev–Trinajstić information content (AvgIpc) is 2.61. The van der Waals surface area contributed by atoms with Crippen molar-refractivity contribution in [3.05, 3.63) is 12.2 Å². The zero-order valence-corrected chi connectivity index (χ0v) is 17.4. The van der Waals surface area contributed by atoms with Gasteiger partial charge in [-0.3, -0.25) is 0 Å². The second kappa shape index (κ2) is 13.2. The van der Waals surface area contributed by atoms with Gasteiger partial charge in [-0.05, 0) is 45.1 Å². The van der Waals surface area contributed by atoms with Crippen LogP contribution in [0, 0.1) is 0 Å². The first-order chi connectivity index (χ1) is 11.3. The molecule has 23 heavy (non-hydrogen) atoms. The van der Waals surface area contributed by atoms with Gasteiger partial charge in [0.15, 0.2) is 0 Å². The molecule has 1 aliphatic heterocycles. The Kier molecular flexibility index (Phi) is 12.1. The molecule has 0 unspecified atom stereocenters. The first-order valence-electron chi connectivity index (χ1n) is 10.6. The summed E-state index contributed by atoms with van der Waals surface area (Å²) in [4.78, 5) is 2.88. The van der Waals surface area contributed by atoms with E-state index in [0.29, 0.717) is 0 Å².